The lowest BCUT2D eigenvalue weighted by molar-refractivity contribution is -0.162. The third kappa shape index (κ3) is 24.0. The minimum atomic E-state index is -0.318. The molecule has 2 unspecified atom stereocenters. The second-order valence-corrected chi connectivity index (χ2v) is 11.7. The molecule has 0 fully saturated rings. The number of carbonyl (C=O) groups excluding carboxylic acids is 2. The molecule has 0 amide bonds. The van der Waals surface area contributed by atoms with Crippen molar-refractivity contribution in [2.24, 2.45) is 5.92 Å². The highest BCUT2D eigenvalue weighted by molar-refractivity contribution is 5.72. The van der Waals surface area contributed by atoms with Crippen molar-refractivity contribution in [1.82, 2.24) is 4.90 Å². The molecule has 0 aliphatic heterocycles. The molecule has 5 nitrogen and oxygen atoms in total. The molecule has 0 aliphatic carbocycles. The van der Waals surface area contributed by atoms with E-state index in [1.54, 1.807) is 0 Å². The van der Waals surface area contributed by atoms with Crippen LogP contribution in [0.1, 0.15) is 162 Å². The molecule has 0 saturated heterocycles. The SMILES string of the molecule is CCCCCCCCCCC(CCCC)C(=O)OCC(CCCCCCCC)OC(=O)CCCCN(C)C. The molecular formula is C33H65NO4. The summed E-state index contributed by atoms with van der Waals surface area (Å²) in [5.41, 5.74) is 0. The van der Waals surface area contributed by atoms with E-state index in [-0.39, 0.29) is 30.6 Å². The smallest absolute Gasteiger partial charge is 0.309 e. The molecule has 0 aromatic rings. The third-order valence-electron chi connectivity index (χ3n) is 7.47. The van der Waals surface area contributed by atoms with Crippen LogP contribution in [-0.2, 0) is 19.1 Å². The van der Waals surface area contributed by atoms with Crippen LogP contribution in [0.2, 0.25) is 0 Å². The summed E-state index contributed by atoms with van der Waals surface area (Å²) >= 11 is 0. The van der Waals surface area contributed by atoms with Crippen molar-refractivity contribution in [2.45, 2.75) is 168 Å². The summed E-state index contributed by atoms with van der Waals surface area (Å²) in [5, 5.41) is 0. The van der Waals surface area contributed by atoms with E-state index < -0.39 is 0 Å². The van der Waals surface area contributed by atoms with Gasteiger partial charge in [-0.1, -0.05) is 117 Å². The van der Waals surface area contributed by atoms with Crippen molar-refractivity contribution in [1.29, 1.82) is 0 Å². The topological polar surface area (TPSA) is 55.8 Å². The van der Waals surface area contributed by atoms with Gasteiger partial charge in [0, 0.05) is 6.42 Å². The van der Waals surface area contributed by atoms with Gasteiger partial charge in [0.05, 0.1) is 5.92 Å². The van der Waals surface area contributed by atoms with Crippen molar-refractivity contribution < 1.29 is 19.1 Å². The molecule has 0 aromatic carbocycles. The Balaban J connectivity index is 4.64. The van der Waals surface area contributed by atoms with Gasteiger partial charge in [0.2, 0.25) is 0 Å². The monoisotopic (exact) mass is 539 g/mol. The van der Waals surface area contributed by atoms with Crippen molar-refractivity contribution in [3.63, 3.8) is 0 Å². The van der Waals surface area contributed by atoms with Crippen molar-refractivity contribution in [2.75, 3.05) is 27.2 Å². The Bertz CT molecular complexity index is 537. The van der Waals surface area contributed by atoms with Crippen molar-refractivity contribution >= 4 is 11.9 Å². The summed E-state index contributed by atoms with van der Waals surface area (Å²) < 4.78 is 11.6. The van der Waals surface area contributed by atoms with Crippen LogP contribution in [0.15, 0.2) is 0 Å². The number of unbranched alkanes of at least 4 members (excludes halogenated alkanes) is 14. The Morgan fingerprint density at radius 2 is 1.11 bits per heavy atom. The Kier molecular flexibility index (Phi) is 26.7. The van der Waals surface area contributed by atoms with Crippen LogP contribution in [-0.4, -0.2) is 50.2 Å². The van der Waals surface area contributed by atoms with E-state index in [0.717, 1.165) is 70.8 Å². The molecule has 0 radical (unpaired) electrons. The fourth-order valence-electron chi connectivity index (χ4n) is 4.92. The molecule has 226 valence electrons. The zero-order valence-electron chi connectivity index (χ0n) is 26.2. The van der Waals surface area contributed by atoms with Crippen molar-refractivity contribution in [3.05, 3.63) is 0 Å². The standard InChI is InChI=1S/C33H65NO4/c1-6-9-12-14-16-17-18-20-25-30(24-11-8-3)33(36)37-29-31(26-21-19-15-13-10-7-2)38-32(35)27-22-23-28-34(4)5/h30-31H,6-29H2,1-5H3. The van der Waals surface area contributed by atoms with Gasteiger partial charge in [-0.2, -0.15) is 0 Å². The summed E-state index contributed by atoms with van der Waals surface area (Å²) in [7, 11) is 4.09. The Morgan fingerprint density at radius 3 is 1.66 bits per heavy atom. The Morgan fingerprint density at radius 1 is 0.605 bits per heavy atom. The molecule has 0 N–H and O–H groups in total. The maximum absolute atomic E-state index is 13.0. The van der Waals surface area contributed by atoms with Crippen LogP contribution in [0.3, 0.4) is 0 Å². The number of esters is 2. The van der Waals surface area contributed by atoms with E-state index >= 15 is 0 Å². The molecule has 0 spiro atoms. The molecule has 0 saturated carbocycles. The van der Waals surface area contributed by atoms with E-state index in [1.807, 2.05) is 14.1 Å². The fraction of sp³-hybridized carbons (Fsp3) is 0.939. The van der Waals surface area contributed by atoms with Gasteiger partial charge in [0.15, 0.2) is 0 Å². The largest absolute Gasteiger partial charge is 0.462 e. The zero-order valence-corrected chi connectivity index (χ0v) is 26.2. The first-order valence-corrected chi connectivity index (χ1v) is 16.4. The maximum atomic E-state index is 13.0. The van der Waals surface area contributed by atoms with Crippen LogP contribution >= 0.6 is 0 Å². The lowest BCUT2D eigenvalue weighted by Gasteiger charge is -2.21. The average molecular weight is 540 g/mol. The highest BCUT2D eigenvalue weighted by atomic mass is 16.6. The lowest BCUT2D eigenvalue weighted by atomic mass is 9.95. The first kappa shape index (κ1) is 36.9. The number of nitrogens with zero attached hydrogens (tertiary/aromatic N) is 1. The summed E-state index contributed by atoms with van der Waals surface area (Å²) in [6.45, 7) is 7.84. The van der Waals surface area contributed by atoms with E-state index in [0.29, 0.717) is 6.42 Å². The predicted molar refractivity (Wildman–Crippen MR) is 161 cm³/mol. The van der Waals surface area contributed by atoms with Crippen LogP contribution in [0.4, 0.5) is 0 Å². The second kappa shape index (κ2) is 27.5. The molecular weight excluding hydrogens is 474 g/mol. The second-order valence-electron chi connectivity index (χ2n) is 11.7. The van der Waals surface area contributed by atoms with E-state index in [1.165, 1.54) is 70.6 Å². The Labute approximate surface area is 237 Å². The van der Waals surface area contributed by atoms with Crippen LogP contribution in [0, 0.1) is 5.92 Å². The first-order valence-electron chi connectivity index (χ1n) is 16.4. The van der Waals surface area contributed by atoms with Crippen molar-refractivity contribution in [3.8, 4) is 0 Å². The highest BCUT2D eigenvalue weighted by Crippen LogP contribution is 2.21. The van der Waals surface area contributed by atoms with Crippen LogP contribution in [0.25, 0.3) is 0 Å². The summed E-state index contributed by atoms with van der Waals surface area (Å²) in [5.74, 6) is -0.264. The molecule has 2 atom stereocenters. The number of hydrogen-bond acceptors (Lipinski definition) is 5. The summed E-state index contributed by atoms with van der Waals surface area (Å²) in [6, 6.07) is 0. The Hall–Kier alpha value is -1.10. The predicted octanol–water partition coefficient (Wildman–Crippen LogP) is 9.26. The molecule has 0 bridgehead atoms. The normalized spacial score (nSPS) is 13.0. The number of ether oxygens (including phenoxy) is 2. The number of rotatable bonds is 28. The van der Waals surface area contributed by atoms with E-state index in [4.69, 9.17) is 9.47 Å². The lowest BCUT2D eigenvalue weighted by Crippen LogP contribution is -2.28. The maximum Gasteiger partial charge on any atom is 0.309 e. The highest BCUT2D eigenvalue weighted by Gasteiger charge is 2.22. The van der Waals surface area contributed by atoms with Gasteiger partial charge in [-0.3, -0.25) is 9.59 Å². The molecule has 0 rings (SSSR count). The van der Waals surface area contributed by atoms with Gasteiger partial charge >= 0.3 is 11.9 Å². The fourth-order valence-corrected chi connectivity index (χ4v) is 4.92. The van der Waals surface area contributed by atoms with Crippen LogP contribution < -0.4 is 0 Å². The summed E-state index contributed by atoms with van der Waals surface area (Å²) in [6.07, 6.45) is 24.0. The van der Waals surface area contributed by atoms with Gasteiger partial charge in [-0.15, -0.1) is 0 Å². The number of carbonyl (C=O) groups is 2. The zero-order chi connectivity index (χ0) is 28.3. The third-order valence-corrected chi connectivity index (χ3v) is 7.47. The quantitative estimate of drug-likeness (QED) is 0.0732. The molecule has 38 heavy (non-hydrogen) atoms. The molecule has 5 heteroatoms. The molecule has 0 aromatic heterocycles. The summed E-state index contributed by atoms with van der Waals surface area (Å²) in [4.78, 5) is 27.7. The van der Waals surface area contributed by atoms with E-state index in [9.17, 15) is 9.59 Å². The van der Waals surface area contributed by atoms with Gasteiger partial charge in [0.1, 0.15) is 12.7 Å². The van der Waals surface area contributed by atoms with Gasteiger partial charge < -0.3 is 14.4 Å². The minimum Gasteiger partial charge on any atom is -0.462 e. The molecule has 0 aliphatic rings. The van der Waals surface area contributed by atoms with E-state index in [2.05, 4.69) is 25.7 Å². The van der Waals surface area contributed by atoms with Gasteiger partial charge in [-0.25, -0.2) is 0 Å². The van der Waals surface area contributed by atoms with Crippen LogP contribution in [0.5, 0.6) is 0 Å². The first-order chi connectivity index (χ1) is 18.4. The number of hydrogen-bond donors (Lipinski definition) is 0. The average Bonchev–Trinajstić information content (AvgIpc) is 2.89. The molecule has 0 heterocycles. The van der Waals surface area contributed by atoms with Gasteiger partial charge in [0.25, 0.3) is 0 Å². The van der Waals surface area contributed by atoms with Gasteiger partial charge in [-0.05, 0) is 59.2 Å². The minimum absolute atomic E-state index is 0.0218.